The van der Waals surface area contributed by atoms with Crippen LogP contribution in [0.3, 0.4) is 0 Å². The summed E-state index contributed by atoms with van der Waals surface area (Å²) in [5.74, 6) is 0.210. The van der Waals surface area contributed by atoms with Crippen LogP contribution in [0.15, 0.2) is 18.3 Å². The largest absolute Gasteiger partial charge is 0.384 e. The van der Waals surface area contributed by atoms with E-state index in [4.69, 9.17) is 5.73 Å². The molecule has 112 valence electrons. The molecule has 0 radical (unpaired) electrons. The Kier molecular flexibility index (Phi) is 4.27. The number of aryl methyl sites for hydroxylation is 1. The van der Waals surface area contributed by atoms with Gasteiger partial charge >= 0.3 is 0 Å². The second kappa shape index (κ2) is 5.81. The standard InChI is InChI=1S/C15H20N4OS/c1-9-17-7-11(21-9)8-18-14(20)10-5-12(15(2,3)4)19-13(16)6-10/h5-7H,8H2,1-4H3,(H2,16,19)(H,18,20). The number of nitrogens with two attached hydrogens (primary N) is 1. The van der Waals surface area contributed by atoms with Gasteiger partial charge in [-0.1, -0.05) is 20.8 Å². The monoisotopic (exact) mass is 304 g/mol. The Morgan fingerprint density at radius 1 is 1.38 bits per heavy atom. The van der Waals surface area contributed by atoms with E-state index in [-0.39, 0.29) is 11.3 Å². The number of nitrogens with one attached hydrogen (secondary N) is 1. The molecule has 0 unspecified atom stereocenters. The predicted molar refractivity (Wildman–Crippen MR) is 85.4 cm³/mol. The van der Waals surface area contributed by atoms with Gasteiger partial charge in [-0.15, -0.1) is 11.3 Å². The normalized spacial score (nSPS) is 11.4. The molecule has 2 heterocycles. The van der Waals surface area contributed by atoms with Crippen LogP contribution in [-0.4, -0.2) is 15.9 Å². The Balaban J connectivity index is 2.13. The van der Waals surface area contributed by atoms with Crippen molar-refractivity contribution in [1.29, 1.82) is 0 Å². The lowest BCUT2D eigenvalue weighted by Gasteiger charge is -2.19. The number of thiazole rings is 1. The lowest BCUT2D eigenvalue weighted by atomic mass is 9.90. The molecule has 1 amide bonds. The summed E-state index contributed by atoms with van der Waals surface area (Å²) in [6.07, 6.45) is 1.78. The van der Waals surface area contributed by atoms with E-state index < -0.39 is 0 Å². The molecule has 0 fully saturated rings. The van der Waals surface area contributed by atoms with Crippen LogP contribution in [-0.2, 0) is 12.0 Å². The maximum atomic E-state index is 12.2. The molecule has 0 bridgehead atoms. The molecule has 2 aromatic rings. The fourth-order valence-electron chi connectivity index (χ4n) is 1.82. The highest BCUT2D eigenvalue weighted by atomic mass is 32.1. The van der Waals surface area contributed by atoms with E-state index in [1.807, 2.05) is 27.7 Å². The molecule has 0 aromatic carbocycles. The SMILES string of the molecule is Cc1ncc(CNC(=O)c2cc(N)nc(C(C)(C)C)c2)s1. The van der Waals surface area contributed by atoms with E-state index in [1.165, 1.54) is 0 Å². The van der Waals surface area contributed by atoms with Gasteiger partial charge < -0.3 is 11.1 Å². The van der Waals surface area contributed by atoms with Gasteiger partial charge in [0.25, 0.3) is 5.91 Å². The summed E-state index contributed by atoms with van der Waals surface area (Å²) in [6, 6.07) is 3.39. The Morgan fingerprint density at radius 2 is 2.10 bits per heavy atom. The average Bonchev–Trinajstić information content (AvgIpc) is 2.80. The topological polar surface area (TPSA) is 80.9 Å². The fourth-order valence-corrected chi connectivity index (χ4v) is 2.56. The van der Waals surface area contributed by atoms with Crippen molar-refractivity contribution < 1.29 is 4.79 Å². The molecular weight excluding hydrogens is 284 g/mol. The predicted octanol–water partition coefficient (Wildman–Crippen LogP) is 2.66. The Morgan fingerprint density at radius 3 is 2.67 bits per heavy atom. The minimum atomic E-state index is -0.154. The van der Waals surface area contributed by atoms with E-state index in [0.29, 0.717) is 17.9 Å². The first-order valence-electron chi connectivity index (χ1n) is 6.73. The number of amides is 1. The van der Waals surface area contributed by atoms with Crippen molar-refractivity contribution in [3.05, 3.63) is 39.5 Å². The van der Waals surface area contributed by atoms with Crippen molar-refractivity contribution in [3.63, 3.8) is 0 Å². The molecule has 0 aliphatic heterocycles. The number of hydrogen-bond acceptors (Lipinski definition) is 5. The van der Waals surface area contributed by atoms with E-state index in [1.54, 1.807) is 29.7 Å². The second-order valence-electron chi connectivity index (χ2n) is 5.94. The highest BCUT2D eigenvalue weighted by molar-refractivity contribution is 7.11. The zero-order chi connectivity index (χ0) is 15.6. The molecule has 0 atom stereocenters. The van der Waals surface area contributed by atoms with Crippen LogP contribution >= 0.6 is 11.3 Å². The molecule has 2 rings (SSSR count). The van der Waals surface area contributed by atoms with Crippen LogP contribution in [0.1, 0.15) is 46.7 Å². The fraction of sp³-hybridized carbons (Fsp3) is 0.400. The Labute approximate surface area is 128 Å². The Bertz CT molecular complexity index is 658. The van der Waals surface area contributed by atoms with Gasteiger partial charge in [-0.05, 0) is 19.1 Å². The van der Waals surface area contributed by atoms with Crippen molar-refractivity contribution in [2.24, 2.45) is 0 Å². The lowest BCUT2D eigenvalue weighted by Crippen LogP contribution is -2.24. The van der Waals surface area contributed by atoms with E-state index in [9.17, 15) is 4.79 Å². The number of anilines is 1. The number of rotatable bonds is 3. The number of pyridine rings is 1. The molecule has 0 spiro atoms. The first-order chi connectivity index (χ1) is 9.75. The van der Waals surface area contributed by atoms with Gasteiger partial charge in [-0.2, -0.15) is 0 Å². The number of nitrogens with zero attached hydrogens (tertiary/aromatic N) is 2. The number of hydrogen-bond donors (Lipinski definition) is 2. The van der Waals surface area contributed by atoms with Gasteiger partial charge in [0.2, 0.25) is 0 Å². The number of carbonyl (C=O) groups is 1. The van der Waals surface area contributed by atoms with Gasteiger partial charge in [0.1, 0.15) is 5.82 Å². The third kappa shape index (κ3) is 4.01. The van der Waals surface area contributed by atoms with Crippen LogP contribution in [0.25, 0.3) is 0 Å². The lowest BCUT2D eigenvalue weighted by molar-refractivity contribution is 0.0951. The summed E-state index contributed by atoms with van der Waals surface area (Å²) in [5.41, 5.74) is 6.99. The molecule has 0 saturated heterocycles. The molecule has 0 aliphatic rings. The van der Waals surface area contributed by atoms with Crippen molar-refractivity contribution in [2.75, 3.05) is 5.73 Å². The minimum absolute atomic E-state index is 0.152. The molecule has 0 saturated carbocycles. The maximum absolute atomic E-state index is 12.2. The third-order valence-corrected chi connectivity index (χ3v) is 3.88. The van der Waals surface area contributed by atoms with E-state index >= 15 is 0 Å². The first kappa shape index (κ1) is 15.4. The van der Waals surface area contributed by atoms with E-state index in [0.717, 1.165) is 15.6 Å². The van der Waals surface area contributed by atoms with Crippen molar-refractivity contribution in [2.45, 2.75) is 39.7 Å². The average molecular weight is 304 g/mol. The quantitative estimate of drug-likeness (QED) is 0.913. The highest BCUT2D eigenvalue weighted by Crippen LogP contribution is 2.22. The summed E-state index contributed by atoms with van der Waals surface area (Å²) >= 11 is 1.57. The molecule has 3 N–H and O–H groups in total. The van der Waals surface area contributed by atoms with Gasteiger partial charge in [-0.3, -0.25) is 4.79 Å². The van der Waals surface area contributed by atoms with Crippen LogP contribution in [0.2, 0.25) is 0 Å². The van der Waals surface area contributed by atoms with Gasteiger partial charge in [0, 0.05) is 27.7 Å². The molecule has 5 nitrogen and oxygen atoms in total. The zero-order valence-electron chi connectivity index (χ0n) is 12.7. The molecule has 0 aliphatic carbocycles. The Hall–Kier alpha value is -1.95. The van der Waals surface area contributed by atoms with Gasteiger partial charge in [0.15, 0.2) is 0 Å². The number of aromatic nitrogens is 2. The summed E-state index contributed by atoms with van der Waals surface area (Å²) in [6.45, 7) is 8.52. The van der Waals surface area contributed by atoms with Crippen LogP contribution in [0.4, 0.5) is 5.82 Å². The second-order valence-corrected chi connectivity index (χ2v) is 7.26. The summed E-state index contributed by atoms with van der Waals surface area (Å²) < 4.78 is 0. The highest BCUT2D eigenvalue weighted by Gasteiger charge is 2.18. The number of nitrogen functional groups attached to an aromatic ring is 1. The summed E-state index contributed by atoms with van der Waals surface area (Å²) in [7, 11) is 0. The molecule has 6 heteroatoms. The smallest absolute Gasteiger partial charge is 0.251 e. The zero-order valence-corrected chi connectivity index (χ0v) is 13.5. The van der Waals surface area contributed by atoms with Crippen molar-refractivity contribution in [1.82, 2.24) is 15.3 Å². The van der Waals surface area contributed by atoms with Gasteiger partial charge in [0.05, 0.1) is 11.6 Å². The number of carbonyl (C=O) groups excluding carboxylic acids is 1. The maximum Gasteiger partial charge on any atom is 0.251 e. The minimum Gasteiger partial charge on any atom is -0.384 e. The molecular formula is C15H20N4OS. The third-order valence-electron chi connectivity index (χ3n) is 2.97. The first-order valence-corrected chi connectivity index (χ1v) is 7.55. The van der Waals surface area contributed by atoms with Crippen molar-refractivity contribution in [3.8, 4) is 0 Å². The van der Waals surface area contributed by atoms with Crippen LogP contribution < -0.4 is 11.1 Å². The van der Waals surface area contributed by atoms with Crippen LogP contribution in [0, 0.1) is 6.92 Å². The van der Waals surface area contributed by atoms with Gasteiger partial charge in [-0.25, -0.2) is 9.97 Å². The molecule has 21 heavy (non-hydrogen) atoms. The summed E-state index contributed by atoms with van der Waals surface area (Å²) in [5, 5.41) is 3.87. The van der Waals surface area contributed by atoms with Crippen molar-refractivity contribution >= 4 is 23.1 Å². The van der Waals surface area contributed by atoms with E-state index in [2.05, 4.69) is 15.3 Å². The van der Waals surface area contributed by atoms with Crippen LogP contribution in [0.5, 0.6) is 0 Å². The molecule has 2 aromatic heterocycles. The summed E-state index contributed by atoms with van der Waals surface area (Å²) in [4.78, 5) is 21.7.